The molecule has 3 nitrogen and oxygen atoms in total. The molecule has 1 heterocycles. The van der Waals surface area contributed by atoms with Crippen LogP contribution in [-0.4, -0.2) is 24.8 Å². The van der Waals surface area contributed by atoms with Crippen molar-refractivity contribution in [3.63, 3.8) is 0 Å². The molecule has 0 aromatic carbocycles. The van der Waals surface area contributed by atoms with Gasteiger partial charge in [-0.1, -0.05) is 19.8 Å². The van der Waals surface area contributed by atoms with E-state index in [0.29, 0.717) is 13.0 Å². The van der Waals surface area contributed by atoms with Crippen molar-refractivity contribution >= 4 is 5.97 Å². The Kier molecular flexibility index (Phi) is 4.64. The summed E-state index contributed by atoms with van der Waals surface area (Å²) < 4.78 is 10.6. The molecule has 0 saturated carbocycles. The summed E-state index contributed by atoms with van der Waals surface area (Å²) in [7, 11) is 0. The van der Waals surface area contributed by atoms with E-state index in [9.17, 15) is 4.79 Å². The number of rotatable bonds is 4. The van der Waals surface area contributed by atoms with Crippen molar-refractivity contribution in [1.82, 2.24) is 0 Å². The number of hydrogen-bond acceptors (Lipinski definition) is 3. The molecule has 84 valence electrons. The second kappa shape index (κ2) is 5.77. The number of ether oxygens (including phenoxy) is 2. The van der Waals surface area contributed by atoms with Gasteiger partial charge in [-0.15, -0.1) is 6.42 Å². The predicted octanol–water partition coefficient (Wildman–Crippen LogP) is 1.76. The minimum Gasteiger partial charge on any atom is -0.458 e. The average Bonchev–Trinajstić information content (AvgIpc) is 2.67. The highest BCUT2D eigenvalue weighted by Gasteiger charge is 2.31. The van der Waals surface area contributed by atoms with Crippen LogP contribution in [0, 0.1) is 18.3 Å². The molecule has 0 aromatic rings. The van der Waals surface area contributed by atoms with Gasteiger partial charge in [0.2, 0.25) is 0 Å². The summed E-state index contributed by atoms with van der Waals surface area (Å²) in [6, 6.07) is 0. The van der Waals surface area contributed by atoms with Crippen molar-refractivity contribution in [2.75, 3.05) is 6.61 Å². The smallest absolute Gasteiger partial charge is 0.309 e. The van der Waals surface area contributed by atoms with Crippen molar-refractivity contribution in [2.24, 2.45) is 5.92 Å². The number of esters is 1. The van der Waals surface area contributed by atoms with E-state index in [1.165, 1.54) is 0 Å². The van der Waals surface area contributed by atoms with E-state index in [0.717, 1.165) is 12.8 Å². The Balaban J connectivity index is 2.47. The third-order valence-corrected chi connectivity index (χ3v) is 2.79. The Morgan fingerprint density at radius 2 is 2.27 bits per heavy atom. The summed E-state index contributed by atoms with van der Waals surface area (Å²) in [6.07, 6.45) is 7.00. The van der Waals surface area contributed by atoms with E-state index in [-0.39, 0.29) is 24.1 Å². The molecule has 1 saturated heterocycles. The van der Waals surface area contributed by atoms with E-state index in [2.05, 4.69) is 5.92 Å². The van der Waals surface area contributed by atoms with Gasteiger partial charge < -0.3 is 9.47 Å². The van der Waals surface area contributed by atoms with Crippen LogP contribution in [-0.2, 0) is 14.3 Å². The quantitative estimate of drug-likeness (QED) is 0.524. The van der Waals surface area contributed by atoms with Gasteiger partial charge in [-0.3, -0.25) is 4.79 Å². The Morgan fingerprint density at radius 3 is 2.80 bits per heavy atom. The van der Waals surface area contributed by atoms with Crippen molar-refractivity contribution in [1.29, 1.82) is 0 Å². The van der Waals surface area contributed by atoms with Crippen LogP contribution in [0.1, 0.15) is 33.1 Å². The van der Waals surface area contributed by atoms with Gasteiger partial charge in [0.15, 0.2) is 6.10 Å². The molecule has 1 aliphatic rings. The highest BCUT2D eigenvalue weighted by atomic mass is 16.6. The predicted molar refractivity (Wildman–Crippen MR) is 57.1 cm³/mol. The number of hydrogen-bond donors (Lipinski definition) is 0. The van der Waals surface area contributed by atoms with Crippen molar-refractivity contribution in [3.8, 4) is 12.3 Å². The van der Waals surface area contributed by atoms with Crippen molar-refractivity contribution < 1.29 is 14.3 Å². The van der Waals surface area contributed by atoms with Crippen LogP contribution in [0.25, 0.3) is 0 Å². The Hall–Kier alpha value is -1.01. The lowest BCUT2D eigenvalue weighted by Crippen LogP contribution is -2.29. The van der Waals surface area contributed by atoms with E-state index in [4.69, 9.17) is 15.9 Å². The van der Waals surface area contributed by atoms with Gasteiger partial charge in [0.05, 0.1) is 12.5 Å². The summed E-state index contributed by atoms with van der Waals surface area (Å²) in [5, 5.41) is 0. The van der Waals surface area contributed by atoms with Crippen LogP contribution in [0.5, 0.6) is 0 Å². The van der Waals surface area contributed by atoms with E-state index in [1.807, 2.05) is 13.8 Å². The van der Waals surface area contributed by atoms with Gasteiger partial charge in [0.25, 0.3) is 0 Å². The van der Waals surface area contributed by atoms with E-state index >= 15 is 0 Å². The van der Waals surface area contributed by atoms with Gasteiger partial charge in [-0.2, -0.15) is 0 Å². The molecule has 1 aliphatic heterocycles. The maximum Gasteiger partial charge on any atom is 0.309 e. The van der Waals surface area contributed by atoms with Gasteiger partial charge in [0, 0.05) is 6.42 Å². The molecule has 3 heteroatoms. The lowest BCUT2D eigenvalue weighted by molar-refractivity contribution is -0.155. The largest absolute Gasteiger partial charge is 0.458 e. The molecule has 0 spiro atoms. The molecular formula is C12H18O3. The van der Waals surface area contributed by atoms with Gasteiger partial charge >= 0.3 is 5.97 Å². The molecule has 2 unspecified atom stereocenters. The molecule has 15 heavy (non-hydrogen) atoms. The lowest BCUT2D eigenvalue weighted by atomic mass is 10.0. The van der Waals surface area contributed by atoms with Crippen LogP contribution in [0.15, 0.2) is 0 Å². The number of carbonyl (C=O) groups excluding carboxylic acids is 1. The topological polar surface area (TPSA) is 35.5 Å². The summed E-state index contributed by atoms with van der Waals surface area (Å²) in [5.41, 5.74) is 0. The van der Waals surface area contributed by atoms with Crippen LogP contribution >= 0.6 is 0 Å². The molecule has 0 bridgehead atoms. The second-order valence-electron chi connectivity index (χ2n) is 3.74. The highest BCUT2D eigenvalue weighted by Crippen LogP contribution is 2.19. The summed E-state index contributed by atoms with van der Waals surface area (Å²) in [6.45, 7) is 4.55. The fourth-order valence-electron chi connectivity index (χ4n) is 1.71. The Labute approximate surface area is 91.1 Å². The lowest BCUT2D eigenvalue weighted by Gasteiger charge is -2.18. The third kappa shape index (κ3) is 2.97. The molecule has 2 atom stereocenters. The summed E-state index contributed by atoms with van der Waals surface area (Å²) >= 11 is 0. The maximum absolute atomic E-state index is 11.7. The average molecular weight is 210 g/mol. The van der Waals surface area contributed by atoms with Crippen molar-refractivity contribution in [3.05, 3.63) is 0 Å². The van der Waals surface area contributed by atoms with Crippen LogP contribution in [0.4, 0.5) is 0 Å². The summed E-state index contributed by atoms with van der Waals surface area (Å²) in [5.74, 6) is 2.34. The fourth-order valence-corrected chi connectivity index (χ4v) is 1.71. The van der Waals surface area contributed by atoms with E-state index in [1.54, 1.807) is 0 Å². The van der Waals surface area contributed by atoms with Crippen LogP contribution < -0.4 is 0 Å². The zero-order valence-electron chi connectivity index (χ0n) is 9.36. The van der Waals surface area contributed by atoms with Crippen LogP contribution in [0.3, 0.4) is 0 Å². The number of carbonyl (C=O) groups is 1. The molecule has 0 aromatic heterocycles. The van der Waals surface area contributed by atoms with Gasteiger partial charge in [0.1, 0.15) is 6.10 Å². The Bertz CT molecular complexity index is 250. The standard InChI is InChI=1S/C12H18O3/c1-4-9(5-2)12(13)15-11-7-8-14-10(11)6-3/h3,9-11H,4-5,7-8H2,1-2H3. The SMILES string of the molecule is C#CC1OCCC1OC(=O)C(CC)CC. The molecule has 1 fully saturated rings. The Morgan fingerprint density at radius 1 is 1.60 bits per heavy atom. The highest BCUT2D eigenvalue weighted by molar-refractivity contribution is 5.72. The monoisotopic (exact) mass is 210 g/mol. The molecule has 0 N–H and O–H groups in total. The first-order valence-electron chi connectivity index (χ1n) is 5.51. The first-order valence-corrected chi connectivity index (χ1v) is 5.51. The van der Waals surface area contributed by atoms with E-state index < -0.39 is 0 Å². The minimum atomic E-state index is -0.358. The molecule has 0 aliphatic carbocycles. The zero-order chi connectivity index (χ0) is 11.3. The first kappa shape index (κ1) is 12.1. The third-order valence-electron chi connectivity index (χ3n) is 2.79. The molecular weight excluding hydrogens is 192 g/mol. The first-order chi connectivity index (χ1) is 7.22. The molecule has 1 rings (SSSR count). The minimum absolute atomic E-state index is 0.0102. The van der Waals surface area contributed by atoms with Gasteiger partial charge in [-0.05, 0) is 12.8 Å². The second-order valence-corrected chi connectivity index (χ2v) is 3.74. The fraction of sp³-hybridized carbons (Fsp3) is 0.750. The normalized spacial score (nSPS) is 25.2. The summed E-state index contributed by atoms with van der Waals surface area (Å²) in [4.78, 5) is 11.7. The molecule has 0 amide bonds. The van der Waals surface area contributed by atoms with Crippen LogP contribution in [0.2, 0.25) is 0 Å². The molecule has 0 radical (unpaired) electrons. The van der Waals surface area contributed by atoms with Crippen molar-refractivity contribution in [2.45, 2.75) is 45.3 Å². The van der Waals surface area contributed by atoms with Gasteiger partial charge in [-0.25, -0.2) is 0 Å². The maximum atomic E-state index is 11.7. The zero-order valence-corrected chi connectivity index (χ0v) is 9.36. The number of terminal acetylenes is 1.